The number of carbonyl (C=O) groups is 2. The smallest absolute Gasteiger partial charge is 0.226 e. The lowest BCUT2D eigenvalue weighted by atomic mass is 9.92. The van der Waals surface area contributed by atoms with Gasteiger partial charge in [-0.1, -0.05) is 0 Å². The third kappa shape index (κ3) is 2.32. The highest BCUT2D eigenvalue weighted by atomic mass is 16.3. The van der Waals surface area contributed by atoms with Crippen LogP contribution in [0.4, 0.5) is 0 Å². The van der Waals surface area contributed by atoms with Gasteiger partial charge in [-0.25, -0.2) is 0 Å². The minimum atomic E-state index is -0.298. The molecule has 4 unspecified atom stereocenters. The van der Waals surface area contributed by atoms with Crippen molar-refractivity contribution in [3.63, 3.8) is 0 Å². The molecule has 0 radical (unpaired) electrons. The molecule has 2 fully saturated rings. The van der Waals surface area contributed by atoms with Crippen LogP contribution in [0.1, 0.15) is 37.9 Å². The fourth-order valence-corrected chi connectivity index (χ4v) is 3.14. The summed E-state index contributed by atoms with van der Waals surface area (Å²) in [5.41, 5.74) is 5.38. The molecular formula is C15H20N2O3. The van der Waals surface area contributed by atoms with Crippen molar-refractivity contribution in [2.75, 3.05) is 6.54 Å². The van der Waals surface area contributed by atoms with Crippen LogP contribution in [0.5, 0.6) is 0 Å². The molecule has 1 aliphatic heterocycles. The summed E-state index contributed by atoms with van der Waals surface area (Å²) < 4.78 is 5.37. The number of amides is 2. The van der Waals surface area contributed by atoms with Crippen molar-refractivity contribution in [3.05, 3.63) is 24.2 Å². The van der Waals surface area contributed by atoms with Crippen molar-refractivity contribution in [2.24, 2.45) is 17.6 Å². The van der Waals surface area contributed by atoms with Crippen molar-refractivity contribution in [3.8, 4) is 0 Å². The summed E-state index contributed by atoms with van der Waals surface area (Å²) in [6.07, 6.45) is 4.11. The van der Waals surface area contributed by atoms with E-state index in [1.54, 1.807) is 6.26 Å². The summed E-state index contributed by atoms with van der Waals surface area (Å²) in [7, 11) is 0. The summed E-state index contributed by atoms with van der Waals surface area (Å²) in [4.78, 5) is 25.8. The van der Waals surface area contributed by atoms with Crippen LogP contribution in [0.25, 0.3) is 0 Å². The lowest BCUT2D eigenvalue weighted by molar-refractivity contribution is -0.139. The minimum absolute atomic E-state index is 0.00947. The molecule has 1 aromatic heterocycles. The average molecular weight is 276 g/mol. The van der Waals surface area contributed by atoms with E-state index >= 15 is 0 Å². The topological polar surface area (TPSA) is 76.5 Å². The Morgan fingerprint density at radius 1 is 1.40 bits per heavy atom. The van der Waals surface area contributed by atoms with E-state index in [2.05, 4.69) is 0 Å². The zero-order chi connectivity index (χ0) is 14.3. The second kappa shape index (κ2) is 4.96. The first-order chi connectivity index (χ1) is 9.58. The normalized spacial score (nSPS) is 33.0. The zero-order valence-electron chi connectivity index (χ0n) is 11.6. The standard InChI is InChI=1S/C15H20N2O3/c1-9-4-5-10(14(16)18)8-17(9)15(19)12-7-11(12)13-3-2-6-20-13/h2-3,6,9-12H,4-5,7-8H2,1H3,(H2,16,18). The molecule has 1 saturated heterocycles. The number of nitrogens with two attached hydrogens (primary N) is 1. The number of primary amides is 1. The van der Waals surface area contributed by atoms with Crippen molar-refractivity contribution < 1.29 is 14.0 Å². The van der Waals surface area contributed by atoms with E-state index in [4.69, 9.17) is 10.2 Å². The van der Waals surface area contributed by atoms with Crippen molar-refractivity contribution in [1.29, 1.82) is 0 Å². The summed E-state index contributed by atoms with van der Waals surface area (Å²) in [6.45, 7) is 2.51. The Kier molecular flexibility index (Phi) is 3.28. The third-order valence-electron chi connectivity index (χ3n) is 4.58. The van der Waals surface area contributed by atoms with Crippen LogP contribution in [-0.2, 0) is 9.59 Å². The van der Waals surface area contributed by atoms with Crippen molar-refractivity contribution in [1.82, 2.24) is 4.90 Å². The number of piperidine rings is 1. The fourth-order valence-electron chi connectivity index (χ4n) is 3.14. The Morgan fingerprint density at radius 2 is 2.20 bits per heavy atom. The Balaban J connectivity index is 1.66. The first kappa shape index (κ1) is 13.2. The minimum Gasteiger partial charge on any atom is -0.469 e. The largest absolute Gasteiger partial charge is 0.469 e. The Hall–Kier alpha value is -1.78. The summed E-state index contributed by atoms with van der Waals surface area (Å²) in [6, 6.07) is 3.96. The van der Waals surface area contributed by atoms with E-state index < -0.39 is 0 Å². The van der Waals surface area contributed by atoms with Crippen LogP contribution < -0.4 is 5.73 Å². The second-order valence-corrected chi connectivity index (χ2v) is 5.98. The number of nitrogens with zero attached hydrogens (tertiary/aromatic N) is 1. The molecule has 0 aromatic carbocycles. The third-order valence-corrected chi connectivity index (χ3v) is 4.58. The molecule has 0 spiro atoms. The molecule has 3 rings (SSSR count). The molecule has 5 nitrogen and oxygen atoms in total. The van der Waals surface area contributed by atoms with E-state index in [-0.39, 0.29) is 35.6 Å². The van der Waals surface area contributed by atoms with Crippen LogP contribution >= 0.6 is 0 Å². The van der Waals surface area contributed by atoms with Gasteiger partial charge in [-0.15, -0.1) is 0 Å². The van der Waals surface area contributed by atoms with E-state index in [0.717, 1.165) is 25.0 Å². The maximum absolute atomic E-state index is 12.6. The number of hydrogen-bond acceptors (Lipinski definition) is 3. The highest BCUT2D eigenvalue weighted by Gasteiger charge is 2.49. The Labute approximate surface area is 118 Å². The first-order valence-corrected chi connectivity index (χ1v) is 7.21. The Bertz CT molecular complexity index is 511. The maximum Gasteiger partial charge on any atom is 0.226 e. The van der Waals surface area contributed by atoms with Gasteiger partial charge in [-0.2, -0.15) is 0 Å². The van der Waals surface area contributed by atoms with Gasteiger partial charge in [0.15, 0.2) is 0 Å². The van der Waals surface area contributed by atoms with E-state index in [0.29, 0.717) is 6.54 Å². The van der Waals surface area contributed by atoms with Crippen molar-refractivity contribution >= 4 is 11.8 Å². The van der Waals surface area contributed by atoms with Gasteiger partial charge < -0.3 is 15.1 Å². The van der Waals surface area contributed by atoms with Gasteiger partial charge in [-0.05, 0) is 38.3 Å². The van der Waals surface area contributed by atoms with E-state index in [1.165, 1.54) is 0 Å². The van der Waals surface area contributed by atoms with Crippen LogP contribution in [0.3, 0.4) is 0 Å². The van der Waals surface area contributed by atoms with E-state index in [9.17, 15) is 9.59 Å². The second-order valence-electron chi connectivity index (χ2n) is 5.98. The quantitative estimate of drug-likeness (QED) is 0.908. The summed E-state index contributed by atoms with van der Waals surface area (Å²) in [5.74, 6) is 0.752. The van der Waals surface area contributed by atoms with Gasteiger partial charge in [0.25, 0.3) is 0 Å². The molecule has 1 aliphatic carbocycles. The average Bonchev–Trinajstić information content (AvgIpc) is 3.04. The molecular weight excluding hydrogens is 256 g/mol. The summed E-state index contributed by atoms with van der Waals surface area (Å²) in [5, 5.41) is 0. The molecule has 1 aromatic rings. The van der Waals surface area contributed by atoms with Gasteiger partial charge in [0.1, 0.15) is 5.76 Å². The zero-order valence-corrected chi connectivity index (χ0v) is 11.6. The number of hydrogen-bond donors (Lipinski definition) is 1. The van der Waals surface area contributed by atoms with Gasteiger partial charge in [0.2, 0.25) is 11.8 Å². The molecule has 5 heteroatoms. The summed E-state index contributed by atoms with van der Waals surface area (Å²) >= 11 is 0. The van der Waals surface area contributed by atoms with Crippen LogP contribution in [0.2, 0.25) is 0 Å². The predicted octanol–water partition coefficient (Wildman–Crippen LogP) is 1.50. The van der Waals surface area contributed by atoms with E-state index in [1.807, 2.05) is 24.0 Å². The molecule has 0 bridgehead atoms. The fraction of sp³-hybridized carbons (Fsp3) is 0.600. The number of furan rings is 1. The Morgan fingerprint density at radius 3 is 2.85 bits per heavy atom. The van der Waals surface area contributed by atoms with Crippen LogP contribution in [0, 0.1) is 11.8 Å². The number of rotatable bonds is 3. The molecule has 2 N–H and O–H groups in total. The van der Waals surface area contributed by atoms with Gasteiger partial charge >= 0.3 is 0 Å². The molecule has 1 saturated carbocycles. The van der Waals surface area contributed by atoms with Gasteiger partial charge in [0.05, 0.1) is 12.2 Å². The highest BCUT2D eigenvalue weighted by Crippen LogP contribution is 2.49. The maximum atomic E-state index is 12.6. The SMILES string of the molecule is CC1CCC(C(N)=O)CN1C(=O)C1CC1c1ccco1. The number of carbonyl (C=O) groups excluding carboxylic acids is 2. The van der Waals surface area contributed by atoms with Crippen LogP contribution in [-0.4, -0.2) is 29.3 Å². The van der Waals surface area contributed by atoms with Gasteiger partial charge in [0, 0.05) is 24.4 Å². The molecule has 2 aliphatic rings. The predicted molar refractivity (Wildman–Crippen MR) is 72.6 cm³/mol. The first-order valence-electron chi connectivity index (χ1n) is 7.21. The molecule has 4 atom stereocenters. The van der Waals surface area contributed by atoms with Crippen molar-refractivity contribution in [2.45, 2.75) is 38.1 Å². The molecule has 20 heavy (non-hydrogen) atoms. The highest BCUT2D eigenvalue weighted by molar-refractivity contribution is 5.84. The lowest BCUT2D eigenvalue weighted by Gasteiger charge is -2.37. The monoisotopic (exact) mass is 276 g/mol. The van der Waals surface area contributed by atoms with Crippen LogP contribution in [0.15, 0.2) is 22.8 Å². The van der Waals surface area contributed by atoms with Gasteiger partial charge in [-0.3, -0.25) is 9.59 Å². The molecule has 2 heterocycles. The number of likely N-dealkylation sites (tertiary alicyclic amines) is 1. The molecule has 2 amide bonds. The molecule has 108 valence electrons. The lowest BCUT2D eigenvalue weighted by Crippen LogP contribution is -2.49.